The lowest BCUT2D eigenvalue weighted by Crippen LogP contribution is -2.51. The molecule has 0 aliphatic heterocycles. The first-order chi connectivity index (χ1) is 5.31. The minimum absolute atomic E-state index is 0.579. The van der Waals surface area contributed by atoms with Crippen LogP contribution in [0.2, 0.25) is 0 Å². The maximum Gasteiger partial charge on any atom is 0.389 e. The summed E-state index contributed by atoms with van der Waals surface area (Å²) in [4.78, 5) is 0. The zero-order valence-electron chi connectivity index (χ0n) is 6.00. The summed E-state index contributed by atoms with van der Waals surface area (Å²) < 4.78 is 38.3. The van der Waals surface area contributed by atoms with Crippen LogP contribution < -0.4 is 15.8 Å². The van der Waals surface area contributed by atoms with E-state index in [0.717, 1.165) is 0 Å². The minimum Gasteiger partial charge on any atom is -0.871 e. The molecule has 0 aromatic heterocycles. The fraction of sp³-hybridized carbons (Fsp3) is 1.00. The molecule has 0 aliphatic carbocycles. The van der Waals surface area contributed by atoms with Crippen molar-refractivity contribution in [2.45, 2.75) is 25.2 Å². The Balaban J connectivity index is 3.51. The minimum atomic E-state index is -4.34. The van der Waals surface area contributed by atoms with Crippen LogP contribution in [0, 0.1) is 0 Å². The van der Waals surface area contributed by atoms with Gasteiger partial charge in [0.2, 0.25) is 0 Å². The predicted octanol–water partition coefficient (Wildman–Crippen LogP) is -1.66. The topological polar surface area (TPSA) is 81.4 Å². The number of alkyl halides is 3. The number of nitrogens with two attached hydrogens (primary N) is 1. The number of rotatable bonds is 4. The molecule has 12 heavy (non-hydrogen) atoms. The van der Waals surface area contributed by atoms with Crippen molar-refractivity contribution in [2.75, 3.05) is 0 Å². The molecular weight excluding hydrogens is 178 g/mol. The van der Waals surface area contributed by atoms with Crippen molar-refractivity contribution in [3.05, 3.63) is 0 Å². The van der Waals surface area contributed by atoms with Crippen LogP contribution in [0.15, 0.2) is 0 Å². The molecule has 0 aromatic carbocycles. The number of hydrogen-bond acceptors (Lipinski definition) is 4. The third-order valence-electron chi connectivity index (χ3n) is 0.998. The van der Waals surface area contributed by atoms with Gasteiger partial charge in [-0.3, -0.25) is 0 Å². The molecule has 0 saturated carbocycles. The first kappa shape index (κ1) is 11.7. The summed E-state index contributed by atoms with van der Waals surface area (Å²) in [6, 6.07) is 0. The number of halogens is 3. The molecule has 1 atom stereocenters. The van der Waals surface area contributed by atoms with E-state index < -0.39 is 32.6 Å². The number of hydrogen-bond donors (Lipinski definition) is 1. The average molecular weight is 185 g/mol. The Labute approximate surface area is 67.3 Å². The normalized spacial score (nSPS) is 14.5. The van der Waals surface area contributed by atoms with Crippen molar-refractivity contribution in [2.24, 2.45) is 5.73 Å². The molecule has 0 amide bonds. The standard InChI is InChI=1S/C4H7BF3NO3/c6-4(7,8)2-1-3(9)12-5(10)11/h3H,1-2,9H2/q-2. The summed E-state index contributed by atoms with van der Waals surface area (Å²) in [5.41, 5.74) is 4.86. The fourth-order valence-corrected chi connectivity index (χ4v) is 0.517. The zero-order valence-corrected chi connectivity index (χ0v) is 6.00. The van der Waals surface area contributed by atoms with Crippen molar-refractivity contribution in [3.63, 3.8) is 0 Å². The Kier molecular flexibility index (Phi) is 4.54. The fourth-order valence-electron chi connectivity index (χ4n) is 0.517. The van der Waals surface area contributed by atoms with Gasteiger partial charge >= 0.3 is 6.18 Å². The van der Waals surface area contributed by atoms with Gasteiger partial charge in [0.05, 0.1) is 13.5 Å². The average Bonchev–Trinajstić information content (AvgIpc) is 1.80. The van der Waals surface area contributed by atoms with Gasteiger partial charge in [-0.1, -0.05) is 0 Å². The highest BCUT2D eigenvalue weighted by Gasteiger charge is 2.27. The quantitative estimate of drug-likeness (QED) is 0.419. The van der Waals surface area contributed by atoms with E-state index in [1.807, 2.05) is 0 Å². The van der Waals surface area contributed by atoms with Gasteiger partial charge in [0.15, 0.2) is 0 Å². The van der Waals surface area contributed by atoms with Crippen molar-refractivity contribution >= 4 is 7.32 Å². The summed E-state index contributed by atoms with van der Waals surface area (Å²) in [5.74, 6) is 0. The van der Waals surface area contributed by atoms with E-state index in [2.05, 4.69) is 4.65 Å². The van der Waals surface area contributed by atoms with E-state index in [1.165, 1.54) is 0 Å². The molecule has 0 aromatic rings. The summed E-state index contributed by atoms with van der Waals surface area (Å²) in [5, 5.41) is 19.4. The summed E-state index contributed by atoms with van der Waals surface area (Å²) in [6.45, 7) is 0. The third kappa shape index (κ3) is 7.80. The molecular formula is C4H7BF3NO3-2. The highest BCUT2D eigenvalue weighted by molar-refractivity contribution is 6.28. The summed E-state index contributed by atoms with van der Waals surface area (Å²) in [7, 11) is -2.63. The van der Waals surface area contributed by atoms with E-state index in [4.69, 9.17) is 5.73 Å². The van der Waals surface area contributed by atoms with Gasteiger partial charge < -0.3 is 20.4 Å². The maximum atomic E-state index is 11.5. The first-order valence-corrected chi connectivity index (χ1v) is 3.10. The molecule has 0 heterocycles. The Morgan fingerprint density at radius 3 is 2.25 bits per heavy atom. The van der Waals surface area contributed by atoms with E-state index in [9.17, 15) is 23.2 Å². The van der Waals surface area contributed by atoms with E-state index in [1.54, 1.807) is 0 Å². The van der Waals surface area contributed by atoms with Crippen LogP contribution in [-0.4, -0.2) is 19.7 Å². The van der Waals surface area contributed by atoms with Crippen LogP contribution in [0.25, 0.3) is 0 Å². The molecule has 0 saturated heterocycles. The molecule has 0 spiro atoms. The van der Waals surface area contributed by atoms with Crippen molar-refractivity contribution in [1.82, 2.24) is 0 Å². The Morgan fingerprint density at radius 2 is 1.92 bits per heavy atom. The van der Waals surface area contributed by atoms with Crippen molar-refractivity contribution in [3.8, 4) is 0 Å². The lowest BCUT2D eigenvalue weighted by molar-refractivity contribution is -0.385. The Morgan fingerprint density at radius 1 is 1.42 bits per heavy atom. The predicted molar refractivity (Wildman–Crippen MR) is 30.1 cm³/mol. The monoisotopic (exact) mass is 185 g/mol. The second-order valence-electron chi connectivity index (χ2n) is 2.12. The van der Waals surface area contributed by atoms with Crippen LogP contribution in [0.1, 0.15) is 12.8 Å². The molecule has 0 radical (unpaired) electrons. The molecule has 2 N–H and O–H groups in total. The van der Waals surface area contributed by atoms with Gasteiger partial charge in [0.25, 0.3) is 0 Å². The lowest BCUT2D eigenvalue weighted by Gasteiger charge is -2.30. The smallest absolute Gasteiger partial charge is 0.389 e. The van der Waals surface area contributed by atoms with Gasteiger partial charge in [0, 0.05) is 6.42 Å². The van der Waals surface area contributed by atoms with Crippen LogP contribution >= 0.6 is 0 Å². The molecule has 1 unspecified atom stereocenters. The zero-order chi connectivity index (χ0) is 9.78. The molecule has 0 fully saturated rings. The third-order valence-corrected chi connectivity index (χ3v) is 0.998. The lowest BCUT2D eigenvalue weighted by atomic mass is 10.2. The maximum absolute atomic E-state index is 11.5. The Bertz CT molecular complexity index is 131. The van der Waals surface area contributed by atoms with Crippen molar-refractivity contribution < 1.29 is 27.9 Å². The van der Waals surface area contributed by atoms with Gasteiger partial charge in [-0.15, -0.1) is 0 Å². The molecule has 0 bridgehead atoms. The molecule has 8 heteroatoms. The highest BCUT2D eigenvalue weighted by Crippen LogP contribution is 2.21. The first-order valence-electron chi connectivity index (χ1n) is 3.10. The van der Waals surface area contributed by atoms with Gasteiger partial charge in [-0.2, -0.15) is 13.2 Å². The van der Waals surface area contributed by atoms with Crippen LogP contribution in [0.4, 0.5) is 13.2 Å². The summed E-state index contributed by atoms with van der Waals surface area (Å²) >= 11 is 0. The SMILES string of the molecule is NC(CCC(F)(F)F)OB([O-])[O-]. The summed E-state index contributed by atoms with van der Waals surface area (Å²) in [6.07, 6.45) is -7.53. The largest absolute Gasteiger partial charge is 0.871 e. The van der Waals surface area contributed by atoms with E-state index in [0.29, 0.717) is 0 Å². The van der Waals surface area contributed by atoms with Gasteiger partial charge in [-0.25, -0.2) is 0 Å². The van der Waals surface area contributed by atoms with E-state index >= 15 is 0 Å². The van der Waals surface area contributed by atoms with Crippen LogP contribution in [-0.2, 0) is 4.65 Å². The molecule has 4 nitrogen and oxygen atoms in total. The molecule has 72 valence electrons. The van der Waals surface area contributed by atoms with Crippen LogP contribution in [0.5, 0.6) is 0 Å². The molecule has 0 rings (SSSR count). The Hall–Kier alpha value is -0.305. The van der Waals surface area contributed by atoms with Gasteiger partial charge in [0.1, 0.15) is 0 Å². The van der Waals surface area contributed by atoms with Gasteiger partial charge in [-0.05, 0) is 6.42 Å². The second-order valence-corrected chi connectivity index (χ2v) is 2.12. The van der Waals surface area contributed by atoms with E-state index in [-0.39, 0.29) is 0 Å². The second kappa shape index (κ2) is 4.66. The molecule has 0 aliphatic rings. The highest BCUT2D eigenvalue weighted by atomic mass is 19.4. The van der Waals surface area contributed by atoms with Crippen LogP contribution in [0.3, 0.4) is 0 Å². The van der Waals surface area contributed by atoms with Crippen molar-refractivity contribution in [1.29, 1.82) is 0 Å².